The van der Waals surface area contributed by atoms with Gasteiger partial charge in [0, 0.05) is 12.6 Å². The summed E-state index contributed by atoms with van der Waals surface area (Å²) < 4.78 is 0. The molecule has 0 spiro atoms. The van der Waals surface area contributed by atoms with Crippen LogP contribution in [0.25, 0.3) is 0 Å². The molecule has 1 aliphatic heterocycles. The molecule has 1 unspecified atom stereocenters. The molecule has 1 saturated carbocycles. The van der Waals surface area contributed by atoms with Crippen molar-refractivity contribution in [3.8, 4) is 0 Å². The Bertz CT molecular complexity index is 242. The SMILES string of the molecule is CCCC1CCCCN1CC1(CN)CCCCCC1. The van der Waals surface area contributed by atoms with Crippen molar-refractivity contribution in [1.82, 2.24) is 4.90 Å². The molecule has 1 atom stereocenters. The molecule has 0 aromatic carbocycles. The van der Waals surface area contributed by atoms with Crippen LogP contribution in [0.15, 0.2) is 0 Å². The van der Waals surface area contributed by atoms with Gasteiger partial charge in [-0.1, -0.05) is 45.4 Å². The van der Waals surface area contributed by atoms with E-state index >= 15 is 0 Å². The minimum absolute atomic E-state index is 0.444. The number of likely N-dealkylation sites (tertiary alicyclic amines) is 1. The topological polar surface area (TPSA) is 29.3 Å². The summed E-state index contributed by atoms with van der Waals surface area (Å²) >= 11 is 0. The predicted octanol–water partition coefficient (Wildman–Crippen LogP) is 3.94. The van der Waals surface area contributed by atoms with Gasteiger partial charge in [0.15, 0.2) is 0 Å². The minimum atomic E-state index is 0.444. The Morgan fingerprint density at radius 3 is 2.42 bits per heavy atom. The second kappa shape index (κ2) is 7.64. The summed E-state index contributed by atoms with van der Waals surface area (Å²) in [5.74, 6) is 0. The van der Waals surface area contributed by atoms with Crippen LogP contribution in [0, 0.1) is 5.41 Å². The lowest BCUT2D eigenvalue weighted by Gasteiger charge is -2.43. The molecule has 2 heteroatoms. The summed E-state index contributed by atoms with van der Waals surface area (Å²) in [7, 11) is 0. The number of nitrogens with two attached hydrogens (primary N) is 1. The van der Waals surface area contributed by atoms with Crippen molar-refractivity contribution >= 4 is 0 Å². The first kappa shape index (κ1) is 15.3. The molecule has 0 radical (unpaired) electrons. The highest BCUT2D eigenvalue weighted by molar-refractivity contribution is 4.89. The summed E-state index contributed by atoms with van der Waals surface area (Å²) in [5, 5.41) is 0. The molecule has 2 aliphatic rings. The Kier molecular flexibility index (Phi) is 6.15. The molecule has 19 heavy (non-hydrogen) atoms. The Morgan fingerprint density at radius 2 is 1.79 bits per heavy atom. The standard InChI is InChI=1S/C17H34N2/c1-2-9-16-10-5-8-13-19(16)15-17(14-18)11-6-3-4-7-12-17/h16H,2-15,18H2,1H3. The van der Waals surface area contributed by atoms with Gasteiger partial charge in [0.05, 0.1) is 0 Å². The van der Waals surface area contributed by atoms with E-state index in [1.54, 1.807) is 0 Å². The second-order valence-corrected chi connectivity index (χ2v) is 7.03. The monoisotopic (exact) mass is 266 g/mol. The average molecular weight is 266 g/mol. The zero-order valence-electron chi connectivity index (χ0n) is 13.0. The van der Waals surface area contributed by atoms with Crippen LogP contribution >= 0.6 is 0 Å². The van der Waals surface area contributed by atoms with Gasteiger partial charge in [-0.2, -0.15) is 0 Å². The summed E-state index contributed by atoms with van der Waals surface area (Å²) in [6, 6.07) is 0.852. The third-order valence-corrected chi connectivity index (χ3v) is 5.51. The smallest absolute Gasteiger partial charge is 0.00954 e. The Hall–Kier alpha value is -0.0800. The van der Waals surface area contributed by atoms with Crippen LogP contribution in [0.1, 0.15) is 77.6 Å². The molecule has 2 fully saturated rings. The van der Waals surface area contributed by atoms with Gasteiger partial charge in [-0.3, -0.25) is 4.90 Å². The van der Waals surface area contributed by atoms with Crippen molar-refractivity contribution in [2.24, 2.45) is 11.1 Å². The third kappa shape index (κ3) is 4.19. The Morgan fingerprint density at radius 1 is 1.05 bits per heavy atom. The fourth-order valence-electron chi connectivity index (χ4n) is 4.26. The van der Waals surface area contributed by atoms with E-state index in [0.717, 1.165) is 12.6 Å². The lowest BCUT2D eigenvalue weighted by atomic mass is 9.79. The fraction of sp³-hybridized carbons (Fsp3) is 1.00. The van der Waals surface area contributed by atoms with Gasteiger partial charge < -0.3 is 5.73 Å². The predicted molar refractivity (Wildman–Crippen MR) is 83.3 cm³/mol. The molecule has 2 rings (SSSR count). The van der Waals surface area contributed by atoms with Crippen molar-refractivity contribution in [3.63, 3.8) is 0 Å². The van der Waals surface area contributed by atoms with Crippen LogP contribution in [0.5, 0.6) is 0 Å². The van der Waals surface area contributed by atoms with Crippen LogP contribution in [0.4, 0.5) is 0 Å². The number of piperidine rings is 1. The van der Waals surface area contributed by atoms with Gasteiger partial charge in [-0.05, 0) is 50.6 Å². The molecular weight excluding hydrogens is 232 g/mol. The van der Waals surface area contributed by atoms with Gasteiger partial charge in [-0.25, -0.2) is 0 Å². The molecular formula is C17H34N2. The Labute approximate surface area is 120 Å². The van der Waals surface area contributed by atoms with E-state index < -0.39 is 0 Å². The number of hydrogen-bond acceptors (Lipinski definition) is 2. The summed E-state index contributed by atoms with van der Waals surface area (Å²) in [6.45, 7) is 5.85. The van der Waals surface area contributed by atoms with Crippen LogP contribution < -0.4 is 5.73 Å². The minimum Gasteiger partial charge on any atom is -0.330 e. The van der Waals surface area contributed by atoms with Gasteiger partial charge in [0.2, 0.25) is 0 Å². The number of nitrogens with zero attached hydrogens (tertiary/aromatic N) is 1. The van der Waals surface area contributed by atoms with Crippen molar-refractivity contribution in [2.45, 2.75) is 83.6 Å². The highest BCUT2D eigenvalue weighted by atomic mass is 15.2. The summed E-state index contributed by atoms with van der Waals surface area (Å²) in [5.41, 5.74) is 6.66. The zero-order valence-corrected chi connectivity index (χ0v) is 13.0. The highest BCUT2D eigenvalue weighted by Crippen LogP contribution is 2.36. The van der Waals surface area contributed by atoms with Gasteiger partial charge in [0.1, 0.15) is 0 Å². The summed E-state index contributed by atoms with van der Waals surface area (Å²) in [4.78, 5) is 2.81. The van der Waals surface area contributed by atoms with E-state index in [-0.39, 0.29) is 0 Å². The van der Waals surface area contributed by atoms with Crippen molar-refractivity contribution < 1.29 is 0 Å². The Balaban J connectivity index is 1.98. The molecule has 0 aromatic rings. The fourth-order valence-corrected chi connectivity index (χ4v) is 4.26. The van der Waals surface area contributed by atoms with E-state index in [1.165, 1.54) is 83.7 Å². The van der Waals surface area contributed by atoms with Gasteiger partial charge >= 0.3 is 0 Å². The van der Waals surface area contributed by atoms with Crippen LogP contribution in [0.2, 0.25) is 0 Å². The van der Waals surface area contributed by atoms with Gasteiger partial charge in [-0.15, -0.1) is 0 Å². The normalized spacial score (nSPS) is 29.1. The van der Waals surface area contributed by atoms with E-state index in [2.05, 4.69) is 11.8 Å². The van der Waals surface area contributed by atoms with Crippen molar-refractivity contribution in [3.05, 3.63) is 0 Å². The molecule has 1 saturated heterocycles. The van der Waals surface area contributed by atoms with Crippen molar-refractivity contribution in [2.75, 3.05) is 19.6 Å². The average Bonchev–Trinajstić information content (AvgIpc) is 2.68. The first-order valence-corrected chi connectivity index (χ1v) is 8.74. The molecule has 1 heterocycles. The maximum atomic E-state index is 6.22. The van der Waals surface area contributed by atoms with Crippen LogP contribution in [-0.4, -0.2) is 30.6 Å². The maximum Gasteiger partial charge on any atom is 0.00954 e. The van der Waals surface area contributed by atoms with E-state index in [9.17, 15) is 0 Å². The lowest BCUT2D eigenvalue weighted by Crippen LogP contribution is -2.48. The first-order chi connectivity index (χ1) is 9.29. The van der Waals surface area contributed by atoms with Crippen molar-refractivity contribution in [1.29, 1.82) is 0 Å². The highest BCUT2D eigenvalue weighted by Gasteiger charge is 2.34. The zero-order chi connectivity index (χ0) is 13.6. The molecule has 0 amide bonds. The van der Waals surface area contributed by atoms with Crippen LogP contribution in [0.3, 0.4) is 0 Å². The molecule has 2 N–H and O–H groups in total. The van der Waals surface area contributed by atoms with Crippen LogP contribution in [-0.2, 0) is 0 Å². The number of rotatable bonds is 5. The molecule has 1 aliphatic carbocycles. The van der Waals surface area contributed by atoms with E-state index in [1.807, 2.05) is 0 Å². The van der Waals surface area contributed by atoms with E-state index in [0.29, 0.717) is 5.41 Å². The largest absolute Gasteiger partial charge is 0.330 e. The maximum absolute atomic E-state index is 6.22. The summed E-state index contributed by atoms with van der Waals surface area (Å²) in [6.07, 6.45) is 15.4. The van der Waals surface area contributed by atoms with Gasteiger partial charge in [0.25, 0.3) is 0 Å². The molecule has 112 valence electrons. The quantitative estimate of drug-likeness (QED) is 0.764. The third-order valence-electron chi connectivity index (χ3n) is 5.51. The molecule has 0 aromatic heterocycles. The molecule has 0 bridgehead atoms. The van der Waals surface area contributed by atoms with E-state index in [4.69, 9.17) is 5.73 Å². The second-order valence-electron chi connectivity index (χ2n) is 7.03. The molecule has 2 nitrogen and oxygen atoms in total. The first-order valence-electron chi connectivity index (χ1n) is 8.74. The number of hydrogen-bond donors (Lipinski definition) is 1. The lowest BCUT2D eigenvalue weighted by molar-refractivity contribution is 0.0693.